The topological polar surface area (TPSA) is 87.1 Å². The van der Waals surface area contributed by atoms with Gasteiger partial charge in [0.05, 0.1) is 23.7 Å². The van der Waals surface area contributed by atoms with E-state index in [1.807, 2.05) is 0 Å². The van der Waals surface area contributed by atoms with Crippen molar-refractivity contribution in [3.05, 3.63) is 99.8 Å². The van der Waals surface area contributed by atoms with Crippen molar-refractivity contribution in [2.24, 2.45) is 0 Å². The Morgan fingerprint density at radius 3 is 2.45 bits per heavy atom. The van der Waals surface area contributed by atoms with Crippen LogP contribution in [0.15, 0.2) is 72.3 Å². The number of hydrogen-bond acceptors (Lipinski definition) is 5. The maximum Gasteiger partial charge on any atom is 0.295 e. The van der Waals surface area contributed by atoms with Gasteiger partial charge in [0.2, 0.25) is 0 Å². The monoisotopic (exact) mass is 467 g/mol. The average Bonchev–Trinajstić information content (AvgIpc) is 3.05. The number of carbonyl (C=O) groups is 2. The molecule has 0 spiro atoms. The van der Waals surface area contributed by atoms with E-state index in [1.165, 1.54) is 66.6 Å². The number of methoxy groups -OCH3 is 1. The number of hydrogen-bond donors (Lipinski definition) is 2. The Bertz CT molecular complexity index is 1270. The minimum absolute atomic E-state index is 0.00861. The maximum atomic E-state index is 13.3. The Labute approximate surface area is 194 Å². The zero-order valence-corrected chi connectivity index (χ0v) is 18.2. The lowest BCUT2D eigenvalue weighted by Gasteiger charge is -2.25. The molecule has 1 aliphatic rings. The number of phenols is 1. The summed E-state index contributed by atoms with van der Waals surface area (Å²) >= 11 is 6.18. The largest absolute Gasteiger partial charge is 0.508 e. The van der Waals surface area contributed by atoms with Crippen molar-refractivity contribution in [2.45, 2.75) is 12.6 Å². The molecule has 3 aromatic carbocycles. The van der Waals surface area contributed by atoms with E-state index in [1.54, 1.807) is 12.1 Å². The van der Waals surface area contributed by atoms with E-state index in [0.717, 1.165) is 0 Å². The van der Waals surface area contributed by atoms with Crippen LogP contribution >= 0.6 is 11.6 Å². The normalized spacial score (nSPS) is 17.4. The number of aliphatic hydroxyl groups excluding tert-OH is 1. The molecule has 1 saturated heterocycles. The lowest BCUT2D eigenvalue weighted by Crippen LogP contribution is -2.29. The molecule has 1 heterocycles. The molecule has 0 aromatic heterocycles. The fourth-order valence-electron chi connectivity index (χ4n) is 3.84. The molecule has 0 bridgehead atoms. The van der Waals surface area contributed by atoms with Gasteiger partial charge in [-0.2, -0.15) is 0 Å². The minimum atomic E-state index is -0.983. The molecular weight excluding hydrogens is 449 g/mol. The van der Waals surface area contributed by atoms with E-state index in [0.29, 0.717) is 16.9 Å². The molecule has 0 aliphatic carbocycles. The van der Waals surface area contributed by atoms with Gasteiger partial charge >= 0.3 is 0 Å². The number of benzene rings is 3. The number of ether oxygens (including phenoxy) is 1. The number of likely N-dealkylation sites (tertiary alicyclic amines) is 1. The fourth-order valence-corrected chi connectivity index (χ4v) is 4.10. The number of amides is 1. The van der Waals surface area contributed by atoms with Crippen LogP contribution in [0.3, 0.4) is 0 Å². The van der Waals surface area contributed by atoms with Crippen LogP contribution in [0.5, 0.6) is 11.5 Å². The third-order valence-electron chi connectivity index (χ3n) is 5.42. The van der Waals surface area contributed by atoms with E-state index in [4.69, 9.17) is 16.3 Å². The summed E-state index contributed by atoms with van der Waals surface area (Å²) in [6, 6.07) is 15.1. The number of rotatable bonds is 5. The molecule has 168 valence electrons. The van der Waals surface area contributed by atoms with Crippen molar-refractivity contribution in [1.82, 2.24) is 4.90 Å². The van der Waals surface area contributed by atoms with Gasteiger partial charge in [0, 0.05) is 12.1 Å². The number of carbonyl (C=O) groups excluding carboxylic acids is 2. The highest BCUT2D eigenvalue weighted by Gasteiger charge is 2.46. The van der Waals surface area contributed by atoms with E-state index in [2.05, 4.69) is 0 Å². The number of aromatic hydroxyl groups is 1. The first-order valence-corrected chi connectivity index (χ1v) is 10.3. The third kappa shape index (κ3) is 4.27. The van der Waals surface area contributed by atoms with Crippen LogP contribution in [0, 0.1) is 5.82 Å². The van der Waals surface area contributed by atoms with Gasteiger partial charge in [-0.1, -0.05) is 35.9 Å². The molecular formula is C25H19ClFNO5. The molecule has 1 unspecified atom stereocenters. The summed E-state index contributed by atoms with van der Waals surface area (Å²) in [7, 11) is 1.45. The van der Waals surface area contributed by atoms with E-state index < -0.39 is 29.3 Å². The molecule has 6 nitrogen and oxygen atoms in total. The van der Waals surface area contributed by atoms with Crippen molar-refractivity contribution < 1.29 is 28.9 Å². The van der Waals surface area contributed by atoms with Gasteiger partial charge in [0.1, 0.15) is 23.1 Å². The predicted molar refractivity (Wildman–Crippen MR) is 120 cm³/mol. The van der Waals surface area contributed by atoms with Crippen molar-refractivity contribution in [3.8, 4) is 11.5 Å². The molecule has 2 N–H and O–H groups in total. The summed E-state index contributed by atoms with van der Waals surface area (Å²) in [5.74, 6) is -2.22. The van der Waals surface area contributed by atoms with Crippen LogP contribution in [0.4, 0.5) is 4.39 Å². The summed E-state index contributed by atoms with van der Waals surface area (Å²) in [5.41, 5.74) is 1.10. The Balaban J connectivity index is 1.86. The maximum absolute atomic E-state index is 13.3. The average molecular weight is 468 g/mol. The summed E-state index contributed by atoms with van der Waals surface area (Å²) in [6.07, 6.45) is 0. The number of phenolic OH excluding ortho intramolecular Hbond substituents is 1. The number of nitrogens with zero attached hydrogens (tertiary/aromatic N) is 1. The molecule has 1 fully saturated rings. The summed E-state index contributed by atoms with van der Waals surface area (Å²) in [4.78, 5) is 27.3. The van der Waals surface area contributed by atoms with Crippen LogP contribution in [0.25, 0.3) is 5.76 Å². The van der Waals surface area contributed by atoms with Crippen LogP contribution in [0.2, 0.25) is 5.02 Å². The Morgan fingerprint density at radius 2 is 1.82 bits per heavy atom. The first-order valence-electron chi connectivity index (χ1n) is 9.96. The van der Waals surface area contributed by atoms with Crippen LogP contribution in [0.1, 0.15) is 22.7 Å². The van der Waals surface area contributed by atoms with Crippen LogP contribution in [-0.2, 0) is 16.1 Å². The quantitative estimate of drug-likeness (QED) is 0.319. The molecule has 0 radical (unpaired) electrons. The minimum Gasteiger partial charge on any atom is -0.508 e. The zero-order chi connectivity index (χ0) is 23.7. The number of ketones is 1. The standard InChI is InChI=1S/C25H19ClFNO5/c1-33-20-10-7-16(12-19(20)26)23(30)21-22(15-3-2-4-18(29)11-15)28(25(32)24(21)31)13-14-5-8-17(27)9-6-14/h2-12,22,29-30H,13H2,1H3/b23-21-. The molecule has 0 saturated carbocycles. The van der Waals surface area contributed by atoms with Gasteiger partial charge in [-0.15, -0.1) is 0 Å². The van der Waals surface area contributed by atoms with E-state index in [9.17, 15) is 24.2 Å². The van der Waals surface area contributed by atoms with Gasteiger partial charge < -0.3 is 19.8 Å². The van der Waals surface area contributed by atoms with Crippen LogP contribution < -0.4 is 4.74 Å². The predicted octanol–water partition coefficient (Wildman–Crippen LogP) is 4.82. The number of halogens is 2. The third-order valence-corrected chi connectivity index (χ3v) is 5.71. The Kier molecular flexibility index (Phi) is 6.07. The van der Waals surface area contributed by atoms with Crippen molar-refractivity contribution in [1.29, 1.82) is 0 Å². The van der Waals surface area contributed by atoms with Crippen molar-refractivity contribution in [3.63, 3.8) is 0 Å². The van der Waals surface area contributed by atoms with Crippen molar-refractivity contribution >= 4 is 29.1 Å². The van der Waals surface area contributed by atoms with Gasteiger partial charge in [0.25, 0.3) is 11.7 Å². The fraction of sp³-hybridized carbons (Fsp3) is 0.120. The summed E-state index contributed by atoms with van der Waals surface area (Å²) in [5, 5.41) is 21.3. The summed E-state index contributed by atoms with van der Waals surface area (Å²) in [6.45, 7) is -0.00861. The second-order valence-electron chi connectivity index (χ2n) is 7.50. The number of Topliss-reactive ketones (excluding diaryl/α,β-unsaturated/α-hetero) is 1. The lowest BCUT2D eigenvalue weighted by atomic mass is 9.95. The molecule has 4 rings (SSSR count). The van der Waals surface area contributed by atoms with Gasteiger partial charge in [-0.05, 0) is 53.6 Å². The molecule has 33 heavy (non-hydrogen) atoms. The highest BCUT2D eigenvalue weighted by molar-refractivity contribution is 6.46. The summed E-state index contributed by atoms with van der Waals surface area (Å²) < 4.78 is 18.5. The van der Waals surface area contributed by atoms with Gasteiger partial charge in [-0.25, -0.2) is 4.39 Å². The smallest absolute Gasteiger partial charge is 0.295 e. The SMILES string of the molecule is COc1ccc(/C(O)=C2/C(=O)C(=O)N(Cc3ccc(F)cc3)C2c2cccc(O)c2)cc1Cl. The van der Waals surface area contributed by atoms with Crippen LogP contribution in [-0.4, -0.2) is 33.9 Å². The molecule has 1 aliphatic heterocycles. The first-order chi connectivity index (χ1) is 15.8. The molecule has 3 aromatic rings. The molecule has 1 amide bonds. The molecule has 8 heteroatoms. The van der Waals surface area contributed by atoms with Crippen molar-refractivity contribution in [2.75, 3.05) is 7.11 Å². The molecule has 1 atom stereocenters. The Morgan fingerprint density at radius 1 is 1.09 bits per heavy atom. The Hall–Kier alpha value is -3.84. The zero-order valence-electron chi connectivity index (χ0n) is 17.5. The second-order valence-corrected chi connectivity index (χ2v) is 7.90. The lowest BCUT2D eigenvalue weighted by molar-refractivity contribution is -0.140. The highest BCUT2D eigenvalue weighted by Crippen LogP contribution is 2.41. The van der Waals surface area contributed by atoms with Gasteiger partial charge in [-0.3, -0.25) is 9.59 Å². The van der Waals surface area contributed by atoms with E-state index in [-0.39, 0.29) is 28.5 Å². The first kappa shape index (κ1) is 22.4. The second kappa shape index (κ2) is 8.96. The van der Waals surface area contributed by atoms with E-state index >= 15 is 0 Å². The number of aliphatic hydroxyl groups is 1. The van der Waals surface area contributed by atoms with Gasteiger partial charge in [0.15, 0.2) is 0 Å². The highest BCUT2D eigenvalue weighted by atomic mass is 35.5.